The number of aromatic nitrogens is 2. The van der Waals surface area contributed by atoms with Crippen LogP contribution in [0.4, 0.5) is 0 Å². The fraction of sp³-hybridized carbons (Fsp3) is 0.800. The summed E-state index contributed by atoms with van der Waals surface area (Å²) in [5.41, 5.74) is 0. The number of aliphatic hydroxyl groups excluding tert-OH is 1. The van der Waals surface area contributed by atoms with Crippen molar-refractivity contribution >= 4 is 29.9 Å². The predicted octanol–water partition coefficient (Wildman–Crippen LogP) is 3.29. The van der Waals surface area contributed by atoms with Crippen molar-refractivity contribution in [3.63, 3.8) is 0 Å². The standard InChI is InChI=1S/C20H35N5O.HI/c1-3-22-20(23-13-19(26)17-7-5-4-6-8-17)24-11-9-16(2)18(14-24)25-12-10-21-15-25;/h10,12,15-19,26H,3-9,11,13-14H2,1-2H3,(H,22,23);1H. The van der Waals surface area contributed by atoms with Gasteiger partial charge < -0.3 is 19.9 Å². The molecule has 2 heterocycles. The molecule has 0 bridgehead atoms. The maximum absolute atomic E-state index is 10.6. The van der Waals surface area contributed by atoms with E-state index in [1.807, 2.05) is 12.5 Å². The van der Waals surface area contributed by atoms with Crippen molar-refractivity contribution in [2.24, 2.45) is 16.8 Å². The smallest absolute Gasteiger partial charge is 0.194 e. The molecule has 6 nitrogen and oxygen atoms in total. The number of hydrogen-bond acceptors (Lipinski definition) is 3. The summed E-state index contributed by atoms with van der Waals surface area (Å²) in [4.78, 5) is 11.4. The van der Waals surface area contributed by atoms with Crippen molar-refractivity contribution in [2.75, 3.05) is 26.2 Å². The monoisotopic (exact) mass is 489 g/mol. The van der Waals surface area contributed by atoms with Crippen LogP contribution < -0.4 is 5.32 Å². The van der Waals surface area contributed by atoms with E-state index in [9.17, 15) is 5.11 Å². The molecule has 0 amide bonds. The lowest BCUT2D eigenvalue weighted by Gasteiger charge is -2.39. The summed E-state index contributed by atoms with van der Waals surface area (Å²) in [6.45, 7) is 7.72. The third-order valence-corrected chi connectivity index (χ3v) is 6.08. The first-order valence-electron chi connectivity index (χ1n) is 10.4. The highest BCUT2D eigenvalue weighted by atomic mass is 127. The van der Waals surface area contributed by atoms with Crippen molar-refractivity contribution in [2.45, 2.75) is 64.5 Å². The molecule has 0 aromatic carbocycles. The zero-order valence-electron chi connectivity index (χ0n) is 16.8. The fourth-order valence-electron chi connectivity index (χ4n) is 4.37. The van der Waals surface area contributed by atoms with Crippen LogP contribution in [0.1, 0.15) is 58.4 Å². The normalized spacial score (nSPS) is 25.7. The molecule has 1 aromatic heterocycles. The van der Waals surface area contributed by atoms with E-state index in [4.69, 9.17) is 4.99 Å². The van der Waals surface area contributed by atoms with E-state index in [2.05, 4.69) is 39.8 Å². The van der Waals surface area contributed by atoms with Crippen LogP contribution in [0.15, 0.2) is 23.7 Å². The molecule has 2 fully saturated rings. The largest absolute Gasteiger partial charge is 0.391 e. The van der Waals surface area contributed by atoms with Gasteiger partial charge in [-0.05, 0) is 38.0 Å². The lowest BCUT2D eigenvalue weighted by atomic mass is 9.85. The maximum atomic E-state index is 10.6. The van der Waals surface area contributed by atoms with E-state index < -0.39 is 0 Å². The van der Waals surface area contributed by atoms with E-state index in [0.717, 1.165) is 44.9 Å². The lowest BCUT2D eigenvalue weighted by Crippen LogP contribution is -2.49. The highest BCUT2D eigenvalue weighted by Crippen LogP contribution is 2.28. The van der Waals surface area contributed by atoms with Crippen LogP contribution in [-0.2, 0) is 0 Å². The van der Waals surface area contributed by atoms with Crippen molar-refractivity contribution in [1.82, 2.24) is 19.8 Å². The summed E-state index contributed by atoms with van der Waals surface area (Å²) in [6, 6.07) is 0.415. The SMILES string of the molecule is CCNC(=NCC(O)C1CCCCC1)N1CCC(C)C(n2ccnc2)C1.I. The van der Waals surface area contributed by atoms with E-state index in [1.54, 1.807) is 0 Å². The second-order valence-corrected chi connectivity index (χ2v) is 7.95. The molecule has 0 radical (unpaired) electrons. The zero-order chi connectivity index (χ0) is 18.4. The van der Waals surface area contributed by atoms with E-state index >= 15 is 0 Å². The van der Waals surface area contributed by atoms with E-state index in [-0.39, 0.29) is 30.1 Å². The Morgan fingerprint density at radius 3 is 2.74 bits per heavy atom. The molecule has 27 heavy (non-hydrogen) atoms. The van der Waals surface area contributed by atoms with Crippen LogP contribution in [0.5, 0.6) is 0 Å². The Morgan fingerprint density at radius 2 is 2.07 bits per heavy atom. The summed E-state index contributed by atoms with van der Waals surface area (Å²) in [5.74, 6) is 1.99. The third kappa shape index (κ3) is 6.07. The van der Waals surface area contributed by atoms with Crippen LogP contribution in [-0.4, -0.2) is 57.8 Å². The number of halogens is 1. The highest BCUT2D eigenvalue weighted by Gasteiger charge is 2.29. The predicted molar refractivity (Wildman–Crippen MR) is 121 cm³/mol. The molecule has 3 unspecified atom stereocenters. The number of nitrogens with zero attached hydrogens (tertiary/aromatic N) is 4. The van der Waals surface area contributed by atoms with Crippen LogP contribution in [0.25, 0.3) is 0 Å². The first kappa shape index (κ1) is 22.5. The molecule has 1 aliphatic heterocycles. The number of nitrogens with one attached hydrogen (secondary N) is 1. The summed E-state index contributed by atoms with van der Waals surface area (Å²) < 4.78 is 2.22. The Balaban J connectivity index is 0.00000261. The Morgan fingerprint density at radius 1 is 1.30 bits per heavy atom. The molecule has 1 saturated carbocycles. The van der Waals surface area contributed by atoms with Gasteiger partial charge >= 0.3 is 0 Å². The number of aliphatic imine (C=N–C) groups is 1. The van der Waals surface area contributed by atoms with Gasteiger partial charge in [0.25, 0.3) is 0 Å². The van der Waals surface area contributed by atoms with Gasteiger partial charge in [0.2, 0.25) is 0 Å². The third-order valence-electron chi connectivity index (χ3n) is 6.08. The number of hydrogen-bond donors (Lipinski definition) is 2. The average molecular weight is 489 g/mol. The lowest BCUT2D eigenvalue weighted by molar-refractivity contribution is 0.0918. The molecule has 1 aliphatic carbocycles. The van der Waals surface area contributed by atoms with Crippen LogP contribution in [0, 0.1) is 11.8 Å². The minimum atomic E-state index is -0.308. The summed E-state index contributed by atoms with van der Waals surface area (Å²) in [6.07, 6.45) is 12.8. The first-order valence-corrected chi connectivity index (χ1v) is 10.4. The van der Waals surface area contributed by atoms with Gasteiger partial charge in [0.15, 0.2) is 5.96 Å². The number of aliphatic hydroxyl groups is 1. The summed E-state index contributed by atoms with van der Waals surface area (Å²) in [7, 11) is 0. The second-order valence-electron chi connectivity index (χ2n) is 7.95. The van der Waals surface area contributed by atoms with Crippen LogP contribution >= 0.6 is 24.0 Å². The summed E-state index contributed by atoms with van der Waals surface area (Å²) >= 11 is 0. The number of likely N-dealkylation sites (tertiary alicyclic amines) is 1. The van der Waals surface area contributed by atoms with Crippen molar-refractivity contribution in [3.8, 4) is 0 Å². The van der Waals surface area contributed by atoms with Crippen molar-refractivity contribution < 1.29 is 5.11 Å². The molecule has 0 spiro atoms. The average Bonchev–Trinajstić information content (AvgIpc) is 3.20. The van der Waals surface area contributed by atoms with Gasteiger partial charge in [0.05, 0.1) is 25.0 Å². The number of piperidine rings is 1. The Kier molecular flexibility index (Phi) is 9.35. The van der Waals surface area contributed by atoms with Gasteiger partial charge in [-0.2, -0.15) is 0 Å². The summed E-state index contributed by atoms with van der Waals surface area (Å²) in [5, 5.41) is 14.0. The number of rotatable bonds is 5. The highest BCUT2D eigenvalue weighted by molar-refractivity contribution is 14.0. The Labute approximate surface area is 180 Å². The molecule has 1 aromatic rings. The topological polar surface area (TPSA) is 65.7 Å². The zero-order valence-corrected chi connectivity index (χ0v) is 19.1. The number of guanidine groups is 1. The maximum Gasteiger partial charge on any atom is 0.194 e. The second kappa shape index (κ2) is 11.2. The molecule has 154 valence electrons. The Hall–Kier alpha value is -0.830. The van der Waals surface area contributed by atoms with Gasteiger partial charge in [-0.25, -0.2) is 4.98 Å². The van der Waals surface area contributed by atoms with Crippen molar-refractivity contribution in [1.29, 1.82) is 0 Å². The minimum Gasteiger partial charge on any atom is -0.391 e. The fourth-order valence-corrected chi connectivity index (χ4v) is 4.37. The molecule has 2 aliphatic rings. The number of imidazole rings is 1. The molecule has 3 atom stereocenters. The minimum absolute atomic E-state index is 0. The van der Waals surface area contributed by atoms with Crippen LogP contribution in [0.3, 0.4) is 0 Å². The van der Waals surface area contributed by atoms with Gasteiger partial charge in [-0.1, -0.05) is 26.2 Å². The van der Waals surface area contributed by atoms with Gasteiger partial charge in [0, 0.05) is 32.0 Å². The molecule has 3 rings (SSSR count). The quantitative estimate of drug-likeness (QED) is 0.379. The van der Waals surface area contributed by atoms with E-state index in [0.29, 0.717) is 24.4 Å². The Bertz CT molecular complexity index is 559. The molecule has 7 heteroatoms. The molecular weight excluding hydrogens is 453 g/mol. The first-order chi connectivity index (χ1) is 12.7. The van der Waals surface area contributed by atoms with E-state index in [1.165, 1.54) is 19.3 Å². The molecule has 1 saturated heterocycles. The van der Waals surface area contributed by atoms with Gasteiger partial charge in [-0.3, -0.25) is 4.99 Å². The van der Waals surface area contributed by atoms with Crippen molar-refractivity contribution in [3.05, 3.63) is 18.7 Å². The van der Waals surface area contributed by atoms with Crippen LogP contribution in [0.2, 0.25) is 0 Å². The molecule has 2 N–H and O–H groups in total. The molecular formula is C20H36IN5O. The van der Waals surface area contributed by atoms with Gasteiger partial charge in [0.1, 0.15) is 0 Å². The van der Waals surface area contributed by atoms with Gasteiger partial charge in [-0.15, -0.1) is 24.0 Å².